The molecule has 2 rings (SSSR count). The highest BCUT2D eigenvalue weighted by Gasteiger charge is 2.04. The van der Waals surface area contributed by atoms with E-state index in [-0.39, 0.29) is 0 Å². The first-order chi connectivity index (χ1) is 10.5. The number of methoxy groups -OCH3 is 2. The molecule has 0 saturated carbocycles. The Kier molecular flexibility index (Phi) is 5.10. The van der Waals surface area contributed by atoms with E-state index in [2.05, 4.69) is 12.2 Å². The summed E-state index contributed by atoms with van der Waals surface area (Å²) in [6.07, 6.45) is 4.89. The van der Waals surface area contributed by atoms with Crippen LogP contribution in [-0.4, -0.2) is 19.3 Å². The standard InChI is InChI=1S/C19H22O3/c1-13-10-15(11-14(2)19(13)20)6-5-7-16-12-17(21-3)8-9-18(16)22-4/h5-6,8-12,20H,7H2,1-4H3. The summed E-state index contributed by atoms with van der Waals surface area (Å²) >= 11 is 0. The molecule has 0 aliphatic carbocycles. The van der Waals surface area contributed by atoms with Gasteiger partial charge >= 0.3 is 0 Å². The second kappa shape index (κ2) is 7.03. The van der Waals surface area contributed by atoms with Crippen molar-refractivity contribution in [3.05, 3.63) is 58.7 Å². The summed E-state index contributed by atoms with van der Waals surface area (Å²) in [6, 6.07) is 9.73. The van der Waals surface area contributed by atoms with E-state index in [0.717, 1.165) is 40.2 Å². The normalized spacial score (nSPS) is 10.9. The van der Waals surface area contributed by atoms with E-state index in [0.29, 0.717) is 5.75 Å². The van der Waals surface area contributed by atoms with Gasteiger partial charge in [-0.1, -0.05) is 12.2 Å². The number of phenolic OH excluding ortho intramolecular Hbond substituents is 1. The van der Waals surface area contributed by atoms with Gasteiger partial charge in [0.05, 0.1) is 14.2 Å². The maximum Gasteiger partial charge on any atom is 0.122 e. The molecule has 0 amide bonds. The van der Waals surface area contributed by atoms with Gasteiger partial charge in [-0.15, -0.1) is 0 Å². The molecular weight excluding hydrogens is 276 g/mol. The summed E-state index contributed by atoms with van der Waals surface area (Å²) < 4.78 is 10.6. The summed E-state index contributed by atoms with van der Waals surface area (Å²) in [5.41, 5.74) is 3.93. The number of benzene rings is 2. The van der Waals surface area contributed by atoms with E-state index in [4.69, 9.17) is 9.47 Å². The summed E-state index contributed by atoms with van der Waals surface area (Å²) in [5, 5.41) is 9.81. The van der Waals surface area contributed by atoms with Crippen molar-refractivity contribution in [2.45, 2.75) is 20.3 Å². The fourth-order valence-corrected chi connectivity index (χ4v) is 2.45. The first kappa shape index (κ1) is 16.0. The van der Waals surface area contributed by atoms with Gasteiger partial charge in [0.15, 0.2) is 0 Å². The van der Waals surface area contributed by atoms with Gasteiger partial charge in [-0.3, -0.25) is 0 Å². The third kappa shape index (κ3) is 3.61. The van der Waals surface area contributed by atoms with Crippen LogP contribution in [0.3, 0.4) is 0 Å². The Bertz CT molecular complexity index is 664. The van der Waals surface area contributed by atoms with Crippen LogP contribution in [0.5, 0.6) is 17.2 Å². The topological polar surface area (TPSA) is 38.7 Å². The monoisotopic (exact) mass is 298 g/mol. The quantitative estimate of drug-likeness (QED) is 0.895. The molecule has 0 radical (unpaired) electrons. The minimum absolute atomic E-state index is 0.367. The molecule has 0 atom stereocenters. The van der Waals surface area contributed by atoms with Crippen molar-refractivity contribution in [1.29, 1.82) is 0 Å². The van der Waals surface area contributed by atoms with E-state index in [1.54, 1.807) is 14.2 Å². The minimum atomic E-state index is 0.367. The Balaban J connectivity index is 2.19. The van der Waals surface area contributed by atoms with Gasteiger partial charge in [0.25, 0.3) is 0 Å². The molecule has 22 heavy (non-hydrogen) atoms. The van der Waals surface area contributed by atoms with Crippen molar-refractivity contribution in [3.8, 4) is 17.2 Å². The van der Waals surface area contributed by atoms with E-state index < -0.39 is 0 Å². The lowest BCUT2D eigenvalue weighted by atomic mass is 10.0. The highest BCUT2D eigenvalue weighted by atomic mass is 16.5. The fourth-order valence-electron chi connectivity index (χ4n) is 2.45. The molecule has 2 aromatic carbocycles. The first-order valence-electron chi connectivity index (χ1n) is 7.22. The Morgan fingerprint density at radius 3 is 2.27 bits per heavy atom. The lowest BCUT2D eigenvalue weighted by Gasteiger charge is -2.09. The van der Waals surface area contributed by atoms with Crippen molar-refractivity contribution >= 4 is 6.08 Å². The van der Waals surface area contributed by atoms with E-state index in [9.17, 15) is 5.11 Å². The van der Waals surface area contributed by atoms with Crippen LogP contribution in [-0.2, 0) is 6.42 Å². The molecule has 116 valence electrons. The van der Waals surface area contributed by atoms with Gasteiger partial charge < -0.3 is 14.6 Å². The molecule has 0 aliphatic rings. The number of hydrogen-bond acceptors (Lipinski definition) is 3. The average Bonchev–Trinajstić information content (AvgIpc) is 2.52. The Labute approximate surface area is 131 Å². The second-order valence-corrected chi connectivity index (χ2v) is 5.29. The number of ether oxygens (including phenoxy) is 2. The Morgan fingerprint density at radius 1 is 1.00 bits per heavy atom. The molecule has 0 saturated heterocycles. The van der Waals surface area contributed by atoms with Crippen molar-refractivity contribution in [2.24, 2.45) is 0 Å². The maximum atomic E-state index is 9.81. The van der Waals surface area contributed by atoms with Crippen LogP contribution < -0.4 is 9.47 Å². The average molecular weight is 298 g/mol. The van der Waals surface area contributed by atoms with Crippen LogP contribution in [0.15, 0.2) is 36.4 Å². The van der Waals surface area contributed by atoms with Gasteiger partial charge in [-0.25, -0.2) is 0 Å². The van der Waals surface area contributed by atoms with Crippen LogP contribution in [0.1, 0.15) is 22.3 Å². The summed E-state index contributed by atoms with van der Waals surface area (Å²) in [4.78, 5) is 0. The molecule has 0 spiro atoms. The highest BCUT2D eigenvalue weighted by molar-refractivity contribution is 5.56. The summed E-state index contributed by atoms with van der Waals surface area (Å²) in [7, 11) is 3.32. The van der Waals surface area contributed by atoms with Gasteiger partial charge in [0, 0.05) is 5.56 Å². The first-order valence-corrected chi connectivity index (χ1v) is 7.22. The van der Waals surface area contributed by atoms with Gasteiger partial charge in [-0.05, 0) is 67.3 Å². The van der Waals surface area contributed by atoms with E-state index >= 15 is 0 Å². The smallest absolute Gasteiger partial charge is 0.122 e. The van der Waals surface area contributed by atoms with Gasteiger partial charge in [0.1, 0.15) is 17.2 Å². The molecule has 0 bridgehead atoms. The van der Waals surface area contributed by atoms with Crippen molar-refractivity contribution in [3.63, 3.8) is 0 Å². The third-order valence-corrected chi connectivity index (χ3v) is 3.65. The number of allylic oxidation sites excluding steroid dienone is 1. The third-order valence-electron chi connectivity index (χ3n) is 3.65. The fraction of sp³-hybridized carbons (Fsp3) is 0.263. The molecule has 1 N–H and O–H groups in total. The Hall–Kier alpha value is -2.42. The zero-order valence-electron chi connectivity index (χ0n) is 13.5. The van der Waals surface area contributed by atoms with Crippen LogP contribution in [0.25, 0.3) is 6.08 Å². The largest absolute Gasteiger partial charge is 0.507 e. The van der Waals surface area contributed by atoms with Crippen LogP contribution in [0.2, 0.25) is 0 Å². The highest BCUT2D eigenvalue weighted by Crippen LogP contribution is 2.26. The molecule has 2 aromatic rings. The lowest BCUT2D eigenvalue weighted by molar-refractivity contribution is 0.399. The molecule has 0 fully saturated rings. The van der Waals surface area contributed by atoms with Gasteiger partial charge in [-0.2, -0.15) is 0 Å². The van der Waals surface area contributed by atoms with Crippen LogP contribution >= 0.6 is 0 Å². The molecule has 0 unspecified atom stereocenters. The number of aromatic hydroxyl groups is 1. The Morgan fingerprint density at radius 2 is 1.68 bits per heavy atom. The predicted molar refractivity (Wildman–Crippen MR) is 89.9 cm³/mol. The number of phenols is 1. The van der Waals surface area contributed by atoms with Crippen molar-refractivity contribution in [1.82, 2.24) is 0 Å². The molecule has 3 heteroatoms. The maximum absolute atomic E-state index is 9.81. The van der Waals surface area contributed by atoms with Crippen LogP contribution in [0, 0.1) is 13.8 Å². The number of hydrogen-bond donors (Lipinski definition) is 1. The van der Waals surface area contributed by atoms with Crippen molar-refractivity contribution in [2.75, 3.05) is 14.2 Å². The lowest BCUT2D eigenvalue weighted by Crippen LogP contribution is -1.92. The van der Waals surface area contributed by atoms with Crippen LogP contribution in [0.4, 0.5) is 0 Å². The van der Waals surface area contributed by atoms with Gasteiger partial charge in [0.2, 0.25) is 0 Å². The number of aryl methyl sites for hydroxylation is 2. The molecule has 0 aliphatic heterocycles. The summed E-state index contributed by atoms with van der Waals surface area (Å²) in [5.74, 6) is 2.04. The minimum Gasteiger partial charge on any atom is -0.507 e. The molecule has 3 nitrogen and oxygen atoms in total. The summed E-state index contributed by atoms with van der Waals surface area (Å²) in [6.45, 7) is 3.82. The number of rotatable bonds is 5. The van der Waals surface area contributed by atoms with E-state index in [1.165, 1.54) is 0 Å². The molecule has 0 aromatic heterocycles. The second-order valence-electron chi connectivity index (χ2n) is 5.29. The molecule has 0 heterocycles. The molecular formula is C19H22O3. The SMILES string of the molecule is COc1ccc(OC)c(CC=Cc2cc(C)c(O)c(C)c2)c1. The zero-order chi connectivity index (χ0) is 16.1. The van der Waals surface area contributed by atoms with Crippen molar-refractivity contribution < 1.29 is 14.6 Å². The zero-order valence-corrected chi connectivity index (χ0v) is 13.5. The van der Waals surface area contributed by atoms with E-state index in [1.807, 2.05) is 44.2 Å². The predicted octanol–water partition coefficient (Wildman–Crippen LogP) is 4.28.